The fourth-order valence-electron chi connectivity index (χ4n) is 2.22. The van der Waals surface area contributed by atoms with Crippen LogP contribution in [0.15, 0.2) is 22.7 Å². The second kappa shape index (κ2) is 5.10. The Morgan fingerprint density at radius 2 is 2.30 bits per heavy atom. The van der Waals surface area contributed by atoms with E-state index in [-0.39, 0.29) is 17.9 Å². The Labute approximate surface area is 115 Å². The SMILES string of the molecule is COc1cc(-c2noc([C@H]3C[C@H](O)CN3)n2)ccc1O. The van der Waals surface area contributed by atoms with Gasteiger partial charge in [0.15, 0.2) is 11.5 Å². The van der Waals surface area contributed by atoms with Crippen molar-refractivity contribution in [1.82, 2.24) is 15.5 Å². The van der Waals surface area contributed by atoms with Gasteiger partial charge in [0.25, 0.3) is 0 Å². The van der Waals surface area contributed by atoms with Gasteiger partial charge in [-0.2, -0.15) is 4.98 Å². The van der Waals surface area contributed by atoms with Crippen LogP contribution < -0.4 is 10.1 Å². The van der Waals surface area contributed by atoms with E-state index in [2.05, 4.69) is 15.5 Å². The van der Waals surface area contributed by atoms with Gasteiger partial charge in [0.05, 0.1) is 19.3 Å². The lowest BCUT2D eigenvalue weighted by Gasteiger charge is -2.04. The molecule has 1 aromatic heterocycles. The van der Waals surface area contributed by atoms with Crippen LogP contribution in [0.3, 0.4) is 0 Å². The van der Waals surface area contributed by atoms with Crippen LogP contribution in [0.2, 0.25) is 0 Å². The summed E-state index contributed by atoms with van der Waals surface area (Å²) in [6.07, 6.45) is 0.171. The van der Waals surface area contributed by atoms with Gasteiger partial charge in [-0.15, -0.1) is 0 Å². The van der Waals surface area contributed by atoms with E-state index >= 15 is 0 Å². The first kappa shape index (κ1) is 12.9. The summed E-state index contributed by atoms with van der Waals surface area (Å²) in [7, 11) is 1.48. The van der Waals surface area contributed by atoms with Crippen LogP contribution in [-0.4, -0.2) is 40.1 Å². The van der Waals surface area contributed by atoms with Gasteiger partial charge in [-0.1, -0.05) is 5.16 Å². The minimum absolute atomic E-state index is 0.0561. The number of nitrogens with one attached hydrogen (secondary N) is 1. The minimum atomic E-state index is -0.385. The molecule has 7 nitrogen and oxygen atoms in total. The van der Waals surface area contributed by atoms with Crippen LogP contribution in [-0.2, 0) is 0 Å². The molecule has 0 aliphatic carbocycles. The summed E-state index contributed by atoms with van der Waals surface area (Å²) in [4.78, 5) is 4.31. The van der Waals surface area contributed by atoms with Crippen molar-refractivity contribution in [2.24, 2.45) is 0 Å². The standard InChI is InChI=1S/C13H15N3O4/c1-19-11-4-7(2-3-10(11)18)12-15-13(20-16-12)9-5-8(17)6-14-9/h2-4,8-9,14,17-18H,5-6H2,1H3/t8-,9+/m0/s1. The predicted molar refractivity (Wildman–Crippen MR) is 69.3 cm³/mol. The summed E-state index contributed by atoms with van der Waals surface area (Å²) in [6, 6.07) is 4.72. The normalized spacial score (nSPS) is 22.1. The van der Waals surface area contributed by atoms with Gasteiger partial charge in [0.2, 0.25) is 11.7 Å². The lowest BCUT2D eigenvalue weighted by Crippen LogP contribution is -2.15. The van der Waals surface area contributed by atoms with Crippen molar-refractivity contribution in [3.63, 3.8) is 0 Å². The monoisotopic (exact) mass is 277 g/mol. The second-order valence-electron chi connectivity index (χ2n) is 4.69. The van der Waals surface area contributed by atoms with Gasteiger partial charge in [-0.3, -0.25) is 0 Å². The molecule has 2 aromatic rings. The highest BCUT2D eigenvalue weighted by molar-refractivity contribution is 5.60. The molecule has 106 valence electrons. The van der Waals surface area contributed by atoms with Crippen LogP contribution in [0, 0.1) is 0 Å². The quantitative estimate of drug-likeness (QED) is 0.764. The number of methoxy groups -OCH3 is 1. The Bertz CT molecular complexity index is 613. The molecule has 2 heterocycles. The van der Waals surface area contributed by atoms with Gasteiger partial charge in [-0.05, 0) is 24.6 Å². The van der Waals surface area contributed by atoms with Crippen molar-refractivity contribution in [1.29, 1.82) is 0 Å². The fourth-order valence-corrected chi connectivity index (χ4v) is 2.22. The predicted octanol–water partition coefficient (Wildman–Crippen LogP) is 0.846. The van der Waals surface area contributed by atoms with Crippen LogP contribution in [0.25, 0.3) is 11.4 Å². The Morgan fingerprint density at radius 3 is 3.00 bits per heavy atom. The number of β-amino-alcohol motifs (C(OH)–C–C–N with tert-alkyl or cyclic N) is 1. The number of aliphatic hydroxyl groups is 1. The summed E-state index contributed by atoms with van der Waals surface area (Å²) in [5.74, 6) is 1.27. The summed E-state index contributed by atoms with van der Waals surface area (Å²) in [5.41, 5.74) is 0.688. The molecule has 1 aliphatic rings. The molecule has 7 heteroatoms. The zero-order valence-electron chi connectivity index (χ0n) is 10.9. The van der Waals surface area contributed by atoms with Crippen LogP contribution >= 0.6 is 0 Å². The summed E-state index contributed by atoms with van der Waals surface area (Å²) >= 11 is 0. The van der Waals surface area contributed by atoms with Gasteiger partial charge in [0.1, 0.15) is 0 Å². The Morgan fingerprint density at radius 1 is 1.45 bits per heavy atom. The molecule has 3 rings (SSSR count). The third-order valence-electron chi connectivity index (χ3n) is 3.29. The molecule has 1 fully saturated rings. The van der Waals surface area contributed by atoms with E-state index in [4.69, 9.17) is 9.26 Å². The number of rotatable bonds is 3. The largest absolute Gasteiger partial charge is 0.504 e. The van der Waals surface area contributed by atoms with E-state index in [1.807, 2.05) is 0 Å². The number of phenols is 1. The molecule has 0 spiro atoms. The maximum Gasteiger partial charge on any atom is 0.244 e. The van der Waals surface area contributed by atoms with E-state index in [1.54, 1.807) is 12.1 Å². The molecule has 1 saturated heterocycles. The minimum Gasteiger partial charge on any atom is -0.504 e. The number of hydrogen-bond acceptors (Lipinski definition) is 7. The van der Waals surface area contributed by atoms with Crippen molar-refractivity contribution < 1.29 is 19.5 Å². The first-order chi connectivity index (χ1) is 9.67. The molecule has 0 saturated carbocycles. The van der Waals surface area contributed by atoms with Gasteiger partial charge >= 0.3 is 0 Å². The maximum absolute atomic E-state index is 9.56. The Kier molecular flexibility index (Phi) is 3.29. The van der Waals surface area contributed by atoms with Gasteiger partial charge in [-0.25, -0.2) is 0 Å². The van der Waals surface area contributed by atoms with Crippen LogP contribution in [0.1, 0.15) is 18.4 Å². The fraction of sp³-hybridized carbons (Fsp3) is 0.385. The number of aliphatic hydroxyl groups excluding tert-OH is 1. The van der Waals surface area contributed by atoms with E-state index in [0.717, 1.165) is 0 Å². The number of phenolic OH excluding ortho intramolecular Hbond substituents is 1. The third kappa shape index (κ3) is 2.33. The highest BCUT2D eigenvalue weighted by Gasteiger charge is 2.28. The third-order valence-corrected chi connectivity index (χ3v) is 3.29. The Hall–Kier alpha value is -2.12. The van der Waals surface area contributed by atoms with E-state index < -0.39 is 0 Å². The van der Waals surface area contributed by atoms with E-state index in [9.17, 15) is 10.2 Å². The number of aromatic nitrogens is 2. The molecule has 0 amide bonds. The lowest BCUT2D eigenvalue weighted by molar-refractivity contribution is 0.191. The molecule has 1 aromatic carbocycles. The number of benzene rings is 1. The molecule has 20 heavy (non-hydrogen) atoms. The molecule has 2 atom stereocenters. The maximum atomic E-state index is 9.56. The molecule has 0 unspecified atom stereocenters. The Balaban J connectivity index is 1.86. The zero-order valence-corrected chi connectivity index (χ0v) is 10.9. The van der Waals surface area contributed by atoms with Gasteiger partial charge < -0.3 is 24.8 Å². The average Bonchev–Trinajstić information content (AvgIpc) is 3.08. The number of hydrogen-bond donors (Lipinski definition) is 3. The number of aromatic hydroxyl groups is 1. The van der Waals surface area contributed by atoms with Crippen molar-refractivity contribution >= 4 is 0 Å². The zero-order chi connectivity index (χ0) is 14.1. The average molecular weight is 277 g/mol. The number of nitrogens with zero attached hydrogens (tertiary/aromatic N) is 2. The molecule has 3 N–H and O–H groups in total. The second-order valence-corrected chi connectivity index (χ2v) is 4.69. The van der Waals surface area contributed by atoms with Crippen LogP contribution in [0.4, 0.5) is 0 Å². The van der Waals surface area contributed by atoms with E-state index in [1.165, 1.54) is 13.2 Å². The summed E-state index contributed by atoms with van der Waals surface area (Å²) in [5, 5.41) is 26.1. The first-order valence-corrected chi connectivity index (χ1v) is 6.30. The summed E-state index contributed by atoms with van der Waals surface area (Å²) in [6.45, 7) is 0.523. The summed E-state index contributed by atoms with van der Waals surface area (Å²) < 4.78 is 10.3. The molecule has 0 radical (unpaired) electrons. The van der Waals surface area contributed by atoms with E-state index in [0.29, 0.717) is 36.0 Å². The lowest BCUT2D eigenvalue weighted by atomic mass is 10.2. The van der Waals surface area contributed by atoms with Crippen molar-refractivity contribution in [3.05, 3.63) is 24.1 Å². The van der Waals surface area contributed by atoms with Crippen molar-refractivity contribution in [3.8, 4) is 22.9 Å². The topological polar surface area (TPSA) is 101 Å². The molecular formula is C13H15N3O4. The highest BCUT2D eigenvalue weighted by Crippen LogP contribution is 2.31. The van der Waals surface area contributed by atoms with Crippen molar-refractivity contribution in [2.45, 2.75) is 18.6 Å². The molecule has 0 bridgehead atoms. The molecule has 1 aliphatic heterocycles. The number of ether oxygens (including phenoxy) is 1. The van der Waals surface area contributed by atoms with Crippen molar-refractivity contribution in [2.75, 3.05) is 13.7 Å². The van der Waals surface area contributed by atoms with Crippen LogP contribution in [0.5, 0.6) is 11.5 Å². The molecular weight excluding hydrogens is 262 g/mol. The first-order valence-electron chi connectivity index (χ1n) is 6.30. The smallest absolute Gasteiger partial charge is 0.244 e. The highest BCUT2D eigenvalue weighted by atomic mass is 16.5. The van der Waals surface area contributed by atoms with Gasteiger partial charge in [0, 0.05) is 12.1 Å².